The van der Waals surface area contributed by atoms with Gasteiger partial charge < -0.3 is 10.8 Å². The number of nitrogens with zero attached hydrogens (tertiary/aromatic N) is 2. The van der Waals surface area contributed by atoms with Crippen molar-refractivity contribution in [3.05, 3.63) is 48.2 Å². The zero-order valence-corrected chi connectivity index (χ0v) is 9.04. The number of phenols is 1. The number of nitrogen functional groups attached to an aromatic ring is 1. The molecule has 0 bridgehead atoms. The first-order valence-corrected chi connectivity index (χ1v) is 5.04. The molecule has 2 aromatic rings. The van der Waals surface area contributed by atoms with Crippen molar-refractivity contribution in [2.24, 2.45) is 5.10 Å². The van der Waals surface area contributed by atoms with Crippen LogP contribution in [0.2, 0.25) is 0 Å². The smallest absolute Gasteiger partial charge is 0.169 e. The fraction of sp³-hybridized carbons (Fsp3) is 0. The average Bonchev–Trinajstić information content (AvgIpc) is 2.34. The van der Waals surface area contributed by atoms with Gasteiger partial charge in [0.15, 0.2) is 5.82 Å². The number of aromatic nitrogens is 1. The number of hydrazone groups is 1. The number of pyridine rings is 1. The minimum atomic E-state index is 0.226. The molecule has 0 spiro atoms. The predicted octanol–water partition coefficient (Wildman–Crippen LogP) is 1.82. The van der Waals surface area contributed by atoms with Gasteiger partial charge in [0.05, 0.1) is 11.9 Å². The van der Waals surface area contributed by atoms with Crippen molar-refractivity contribution >= 4 is 17.7 Å². The molecule has 5 nitrogen and oxygen atoms in total. The molecule has 0 saturated carbocycles. The third-order valence-corrected chi connectivity index (χ3v) is 2.12. The summed E-state index contributed by atoms with van der Waals surface area (Å²) in [5.74, 6) is 0.742. The Hall–Kier alpha value is -2.56. The van der Waals surface area contributed by atoms with Crippen LogP contribution in [0.15, 0.2) is 47.7 Å². The second-order valence-electron chi connectivity index (χ2n) is 3.40. The van der Waals surface area contributed by atoms with Crippen LogP contribution in [-0.4, -0.2) is 16.3 Å². The highest BCUT2D eigenvalue weighted by atomic mass is 16.3. The summed E-state index contributed by atoms with van der Waals surface area (Å²) in [5, 5.41) is 13.1. The van der Waals surface area contributed by atoms with Crippen LogP contribution in [0.25, 0.3) is 0 Å². The largest absolute Gasteiger partial charge is 0.508 e. The fourth-order valence-corrected chi connectivity index (χ4v) is 1.24. The molecule has 0 saturated heterocycles. The Kier molecular flexibility index (Phi) is 3.20. The van der Waals surface area contributed by atoms with Gasteiger partial charge in [-0.15, -0.1) is 0 Å². The van der Waals surface area contributed by atoms with E-state index in [9.17, 15) is 0 Å². The molecule has 1 aromatic carbocycles. The maximum atomic E-state index is 9.11. The van der Waals surface area contributed by atoms with Gasteiger partial charge in [0, 0.05) is 6.20 Å². The van der Waals surface area contributed by atoms with Crippen LogP contribution in [0, 0.1) is 0 Å². The molecule has 5 heteroatoms. The first-order chi connectivity index (χ1) is 8.25. The van der Waals surface area contributed by atoms with E-state index in [0.717, 1.165) is 5.56 Å². The SMILES string of the molecule is Nc1cccnc1NN=Cc1ccc(O)cc1. The van der Waals surface area contributed by atoms with E-state index < -0.39 is 0 Å². The molecule has 0 atom stereocenters. The Morgan fingerprint density at radius 3 is 2.71 bits per heavy atom. The van der Waals surface area contributed by atoms with E-state index in [-0.39, 0.29) is 5.75 Å². The lowest BCUT2D eigenvalue weighted by Gasteiger charge is -2.01. The Morgan fingerprint density at radius 2 is 2.00 bits per heavy atom. The number of nitrogens with one attached hydrogen (secondary N) is 1. The molecule has 0 aliphatic carbocycles. The molecule has 17 heavy (non-hydrogen) atoms. The lowest BCUT2D eigenvalue weighted by molar-refractivity contribution is 0.475. The van der Waals surface area contributed by atoms with Crippen LogP contribution < -0.4 is 11.2 Å². The fourth-order valence-electron chi connectivity index (χ4n) is 1.24. The van der Waals surface area contributed by atoms with Crippen LogP contribution in [0.3, 0.4) is 0 Å². The van der Waals surface area contributed by atoms with E-state index in [1.165, 1.54) is 0 Å². The van der Waals surface area contributed by atoms with Crippen LogP contribution >= 0.6 is 0 Å². The first kappa shape index (κ1) is 10.9. The molecule has 86 valence electrons. The molecule has 0 unspecified atom stereocenters. The highest BCUT2D eigenvalue weighted by Crippen LogP contribution is 2.12. The summed E-state index contributed by atoms with van der Waals surface area (Å²) >= 11 is 0. The van der Waals surface area contributed by atoms with Crippen molar-refractivity contribution in [2.75, 3.05) is 11.2 Å². The number of nitrogens with two attached hydrogens (primary N) is 1. The number of hydrogen-bond acceptors (Lipinski definition) is 5. The standard InChI is InChI=1S/C12H12N4O/c13-11-2-1-7-14-12(11)16-15-8-9-3-5-10(17)6-4-9/h1-8,17H,13H2,(H,14,16). The van der Waals surface area contributed by atoms with E-state index in [1.807, 2.05) is 0 Å². The van der Waals surface area contributed by atoms with E-state index in [1.54, 1.807) is 48.8 Å². The molecular formula is C12H12N4O. The van der Waals surface area contributed by atoms with Crippen LogP contribution in [-0.2, 0) is 0 Å². The molecule has 1 aromatic heterocycles. The number of phenolic OH excluding ortho intramolecular Hbond substituents is 1. The predicted molar refractivity (Wildman–Crippen MR) is 68.0 cm³/mol. The number of aromatic hydroxyl groups is 1. The maximum Gasteiger partial charge on any atom is 0.169 e. The van der Waals surface area contributed by atoms with E-state index >= 15 is 0 Å². The van der Waals surface area contributed by atoms with Crippen LogP contribution in [0.1, 0.15) is 5.56 Å². The second-order valence-corrected chi connectivity index (χ2v) is 3.40. The summed E-state index contributed by atoms with van der Waals surface area (Å²) in [6, 6.07) is 10.2. The molecule has 4 N–H and O–H groups in total. The second kappa shape index (κ2) is 4.98. The maximum absolute atomic E-state index is 9.11. The Labute approximate surface area is 98.6 Å². The van der Waals surface area contributed by atoms with Crippen molar-refractivity contribution in [3.8, 4) is 5.75 Å². The number of anilines is 2. The van der Waals surface area contributed by atoms with Crippen LogP contribution in [0.4, 0.5) is 11.5 Å². The minimum absolute atomic E-state index is 0.226. The average molecular weight is 228 g/mol. The Bertz CT molecular complexity index is 522. The molecule has 0 amide bonds. The molecule has 0 aliphatic heterocycles. The molecule has 0 aliphatic rings. The van der Waals surface area contributed by atoms with Gasteiger partial charge in [-0.25, -0.2) is 4.98 Å². The summed E-state index contributed by atoms with van der Waals surface area (Å²) in [6.45, 7) is 0. The quantitative estimate of drug-likeness (QED) is 0.552. The van der Waals surface area contributed by atoms with Gasteiger partial charge in [0.1, 0.15) is 5.75 Å². The van der Waals surface area contributed by atoms with Gasteiger partial charge in [-0.1, -0.05) is 0 Å². The van der Waals surface area contributed by atoms with E-state index in [4.69, 9.17) is 10.8 Å². The van der Waals surface area contributed by atoms with Gasteiger partial charge in [0.25, 0.3) is 0 Å². The van der Waals surface area contributed by atoms with Gasteiger partial charge in [-0.05, 0) is 42.0 Å². The zero-order valence-electron chi connectivity index (χ0n) is 9.04. The molecule has 0 fully saturated rings. The van der Waals surface area contributed by atoms with Gasteiger partial charge in [-0.3, -0.25) is 5.43 Å². The zero-order chi connectivity index (χ0) is 12.1. The summed E-state index contributed by atoms with van der Waals surface area (Å²) in [7, 11) is 0. The summed E-state index contributed by atoms with van der Waals surface area (Å²) in [6.07, 6.45) is 3.25. The third kappa shape index (κ3) is 2.94. The molecule has 2 rings (SSSR count). The van der Waals surface area contributed by atoms with Gasteiger partial charge >= 0.3 is 0 Å². The third-order valence-electron chi connectivity index (χ3n) is 2.12. The molecular weight excluding hydrogens is 216 g/mol. The first-order valence-electron chi connectivity index (χ1n) is 5.04. The summed E-state index contributed by atoms with van der Waals surface area (Å²) in [5.41, 5.74) is 9.84. The minimum Gasteiger partial charge on any atom is -0.508 e. The summed E-state index contributed by atoms with van der Waals surface area (Å²) in [4.78, 5) is 4.03. The lowest BCUT2D eigenvalue weighted by Crippen LogP contribution is -1.98. The normalized spacial score (nSPS) is 10.6. The Balaban J connectivity index is 2.03. The Morgan fingerprint density at radius 1 is 1.24 bits per heavy atom. The van der Waals surface area contributed by atoms with Crippen molar-refractivity contribution < 1.29 is 5.11 Å². The highest BCUT2D eigenvalue weighted by Gasteiger charge is 1.95. The van der Waals surface area contributed by atoms with Gasteiger partial charge in [-0.2, -0.15) is 5.10 Å². The highest BCUT2D eigenvalue weighted by molar-refractivity contribution is 5.80. The lowest BCUT2D eigenvalue weighted by atomic mass is 10.2. The van der Waals surface area contributed by atoms with E-state index in [0.29, 0.717) is 11.5 Å². The summed E-state index contributed by atoms with van der Waals surface area (Å²) < 4.78 is 0. The van der Waals surface area contributed by atoms with Crippen molar-refractivity contribution in [2.45, 2.75) is 0 Å². The van der Waals surface area contributed by atoms with Crippen molar-refractivity contribution in [1.29, 1.82) is 0 Å². The van der Waals surface area contributed by atoms with Gasteiger partial charge in [0.2, 0.25) is 0 Å². The number of hydrogen-bond donors (Lipinski definition) is 3. The monoisotopic (exact) mass is 228 g/mol. The van der Waals surface area contributed by atoms with Crippen molar-refractivity contribution in [3.63, 3.8) is 0 Å². The topological polar surface area (TPSA) is 83.5 Å². The molecule has 0 radical (unpaired) electrons. The number of rotatable bonds is 3. The van der Waals surface area contributed by atoms with Crippen molar-refractivity contribution in [1.82, 2.24) is 4.98 Å². The van der Waals surface area contributed by atoms with Crippen LogP contribution in [0.5, 0.6) is 5.75 Å². The number of benzene rings is 1. The molecule has 1 heterocycles. The van der Waals surface area contributed by atoms with E-state index in [2.05, 4.69) is 15.5 Å².